The van der Waals surface area contributed by atoms with E-state index in [1.54, 1.807) is 31.4 Å². The Morgan fingerprint density at radius 2 is 2.07 bits per heavy atom. The molecule has 1 aromatic rings. The number of hydrazone groups is 1. The minimum absolute atomic E-state index is 0.522. The van der Waals surface area contributed by atoms with E-state index in [2.05, 4.69) is 10.5 Å². The zero-order valence-corrected chi connectivity index (χ0v) is 8.65. The molecule has 0 heterocycles. The highest BCUT2D eigenvalue weighted by atomic mass is 35.5. The van der Waals surface area contributed by atoms with Gasteiger partial charge in [0.1, 0.15) is 5.75 Å². The molecule has 0 atom stereocenters. The summed E-state index contributed by atoms with van der Waals surface area (Å²) in [6.07, 6.45) is 0. The molecule has 1 rings (SSSR count). The molecule has 0 aliphatic rings. The third-order valence-corrected chi connectivity index (χ3v) is 1.80. The topological polar surface area (TPSA) is 70.9 Å². The lowest BCUT2D eigenvalue weighted by Gasteiger charge is -2.02. The van der Waals surface area contributed by atoms with Crippen LogP contribution in [0.15, 0.2) is 29.4 Å². The first-order chi connectivity index (χ1) is 7.13. The Hall–Kier alpha value is -1.75. The van der Waals surface area contributed by atoms with E-state index < -0.39 is 11.1 Å². The number of carbonyl (C=O) groups is 1. The van der Waals surface area contributed by atoms with Gasteiger partial charge in [-0.25, -0.2) is 4.79 Å². The summed E-state index contributed by atoms with van der Waals surface area (Å²) in [5.41, 5.74) is 3.12. The molecule has 0 spiro atoms. The van der Waals surface area contributed by atoms with Crippen LogP contribution in [0.25, 0.3) is 0 Å². The van der Waals surface area contributed by atoms with Crippen molar-refractivity contribution < 1.29 is 14.6 Å². The van der Waals surface area contributed by atoms with Gasteiger partial charge in [0.2, 0.25) is 5.17 Å². The first kappa shape index (κ1) is 11.3. The minimum Gasteiger partial charge on any atom is -0.497 e. The molecule has 0 saturated carbocycles. The quantitative estimate of drug-likeness (QED) is 0.608. The Kier molecular flexibility index (Phi) is 3.93. The van der Waals surface area contributed by atoms with Crippen molar-refractivity contribution in [2.45, 2.75) is 0 Å². The van der Waals surface area contributed by atoms with Gasteiger partial charge in [-0.2, -0.15) is 5.10 Å². The van der Waals surface area contributed by atoms with Crippen molar-refractivity contribution in [3.8, 4) is 5.75 Å². The van der Waals surface area contributed by atoms with E-state index in [1.165, 1.54) is 0 Å². The number of methoxy groups -OCH3 is 1. The second-order valence-corrected chi connectivity index (χ2v) is 2.91. The molecular weight excluding hydrogens is 220 g/mol. The molecule has 6 heteroatoms. The average Bonchev–Trinajstić information content (AvgIpc) is 2.26. The van der Waals surface area contributed by atoms with Gasteiger partial charge in [-0.1, -0.05) is 11.6 Å². The maximum absolute atomic E-state index is 10.3. The van der Waals surface area contributed by atoms with Crippen LogP contribution in [0, 0.1) is 0 Å². The summed E-state index contributed by atoms with van der Waals surface area (Å²) in [6.45, 7) is 0. The number of hydrogen-bond acceptors (Lipinski definition) is 4. The molecule has 15 heavy (non-hydrogen) atoms. The lowest BCUT2D eigenvalue weighted by Crippen LogP contribution is -2.07. The van der Waals surface area contributed by atoms with Crippen molar-refractivity contribution >= 4 is 28.4 Å². The standard InChI is InChI=1S/C9H9ClN2O3/c1-15-7-4-2-6(3-5-7)11-12-8(10)9(13)14/h2-5,11H,1H3,(H,13,14)/b12-8+. The Bertz CT molecular complexity index is 375. The fourth-order valence-corrected chi connectivity index (χ4v) is 0.869. The summed E-state index contributed by atoms with van der Waals surface area (Å²) in [6, 6.07) is 6.81. The normalized spacial score (nSPS) is 10.9. The highest BCUT2D eigenvalue weighted by molar-refractivity contribution is 6.81. The summed E-state index contributed by atoms with van der Waals surface area (Å²) >= 11 is 5.29. The number of aliphatic carboxylic acids is 1. The average molecular weight is 229 g/mol. The molecule has 80 valence electrons. The molecule has 0 fully saturated rings. The number of nitrogens with one attached hydrogen (secondary N) is 1. The Labute approximate surface area is 91.3 Å². The van der Waals surface area contributed by atoms with Crippen LogP contribution in [0.4, 0.5) is 5.69 Å². The van der Waals surface area contributed by atoms with Crippen LogP contribution >= 0.6 is 11.6 Å². The first-order valence-electron chi connectivity index (χ1n) is 4.00. The molecule has 0 unspecified atom stereocenters. The van der Waals surface area contributed by atoms with Crippen molar-refractivity contribution in [2.75, 3.05) is 12.5 Å². The molecule has 0 aliphatic carbocycles. The van der Waals surface area contributed by atoms with E-state index in [-0.39, 0.29) is 0 Å². The number of carboxylic acid groups (broad SMARTS) is 1. The monoisotopic (exact) mass is 228 g/mol. The second-order valence-electron chi connectivity index (χ2n) is 2.55. The summed E-state index contributed by atoms with van der Waals surface area (Å²) < 4.78 is 4.95. The van der Waals surface area contributed by atoms with Crippen molar-refractivity contribution in [1.82, 2.24) is 0 Å². The van der Waals surface area contributed by atoms with E-state index in [0.717, 1.165) is 0 Å². The van der Waals surface area contributed by atoms with E-state index in [9.17, 15) is 4.79 Å². The Morgan fingerprint density at radius 3 is 2.53 bits per heavy atom. The summed E-state index contributed by atoms with van der Waals surface area (Å²) in [4.78, 5) is 10.3. The van der Waals surface area contributed by atoms with Crippen molar-refractivity contribution in [1.29, 1.82) is 0 Å². The van der Waals surface area contributed by atoms with E-state index >= 15 is 0 Å². The van der Waals surface area contributed by atoms with E-state index in [0.29, 0.717) is 11.4 Å². The zero-order chi connectivity index (χ0) is 11.3. The third-order valence-electron chi connectivity index (χ3n) is 1.55. The van der Waals surface area contributed by atoms with Gasteiger partial charge < -0.3 is 9.84 Å². The zero-order valence-electron chi connectivity index (χ0n) is 7.90. The lowest BCUT2D eigenvalue weighted by molar-refractivity contribution is -0.129. The molecule has 2 N–H and O–H groups in total. The number of halogens is 1. The summed E-state index contributed by atoms with van der Waals surface area (Å²) in [5.74, 6) is -0.577. The van der Waals surface area contributed by atoms with Gasteiger partial charge in [0.05, 0.1) is 12.8 Å². The van der Waals surface area contributed by atoms with E-state index in [1.807, 2.05) is 0 Å². The smallest absolute Gasteiger partial charge is 0.368 e. The van der Waals surface area contributed by atoms with Gasteiger partial charge in [-0.05, 0) is 24.3 Å². The van der Waals surface area contributed by atoms with Crippen LogP contribution in [-0.4, -0.2) is 23.4 Å². The summed E-state index contributed by atoms with van der Waals surface area (Å²) in [7, 11) is 1.56. The molecule has 5 nitrogen and oxygen atoms in total. The van der Waals surface area contributed by atoms with Crippen molar-refractivity contribution in [3.05, 3.63) is 24.3 Å². The Balaban J connectivity index is 2.66. The maximum Gasteiger partial charge on any atom is 0.368 e. The van der Waals surface area contributed by atoms with Gasteiger partial charge in [-0.3, -0.25) is 5.43 Å². The van der Waals surface area contributed by atoms with Crippen LogP contribution in [0.1, 0.15) is 0 Å². The molecule has 0 radical (unpaired) electrons. The molecule has 0 aromatic heterocycles. The van der Waals surface area contributed by atoms with Gasteiger partial charge in [-0.15, -0.1) is 0 Å². The predicted molar refractivity (Wildman–Crippen MR) is 57.5 cm³/mol. The number of rotatable bonds is 4. The fourth-order valence-electron chi connectivity index (χ4n) is 0.827. The maximum atomic E-state index is 10.3. The van der Waals surface area contributed by atoms with Gasteiger partial charge in [0.25, 0.3) is 0 Å². The molecule has 0 bridgehead atoms. The molecule has 0 aliphatic heterocycles. The number of ether oxygens (including phenoxy) is 1. The highest BCUT2D eigenvalue weighted by Gasteiger charge is 2.03. The molecule has 1 aromatic carbocycles. The minimum atomic E-state index is -1.28. The van der Waals surface area contributed by atoms with Gasteiger partial charge >= 0.3 is 5.97 Å². The second kappa shape index (κ2) is 5.21. The fraction of sp³-hybridized carbons (Fsp3) is 0.111. The highest BCUT2D eigenvalue weighted by Crippen LogP contribution is 2.14. The molecule has 0 saturated heterocycles. The number of hydrogen-bond donors (Lipinski definition) is 2. The van der Waals surface area contributed by atoms with E-state index in [4.69, 9.17) is 21.4 Å². The number of benzene rings is 1. The number of nitrogens with zero attached hydrogens (tertiary/aromatic N) is 1. The molecular formula is C9H9ClN2O3. The lowest BCUT2D eigenvalue weighted by atomic mass is 10.3. The SMILES string of the molecule is COc1ccc(N/N=C(/Cl)C(=O)O)cc1. The summed E-state index contributed by atoms with van der Waals surface area (Å²) in [5, 5.41) is 11.3. The van der Waals surface area contributed by atoms with Crippen LogP contribution in [0.3, 0.4) is 0 Å². The Morgan fingerprint density at radius 1 is 1.47 bits per heavy atom. The van der Waals surface area contributed by atoms with Crippen LogP contribution in [0.5, 0.6) is 5.75 Å². The van der Waals surface area contributed by atoms with Crippen LogP contribution in [-0.2, 0) is 4.79 Å². The third kappa shape index (κ3) is 3.47. The molecule has 0 amide bonds. The van der Waals surface area contributed by atoms with Crippen LogP contribution in [0.2, 0.25) is 0 Å². The number of carboxylic acids is 1. The van der Waals surface area contributed by atoms with Gasteiger partial charge in [0, 0.05) is 0 Å². The van der Waals surface area contributed by atoms with Gasteiger partial charge in [0.15, 0.2) is 0 Å². The van der Waals surface area contributed by atoms with Crippen molar-refractivity contribution in [3.63, 3.8) is 0 Å². The van der Waals surface area contributed by atoms with Crippen molar-refractivity contribution in [2.24, 2.45) is 5.10 Å². The first-order valence-corrected chi connectivity index (χ1v) is 4.38. The van der Waals surface area contributed by atoms with Crippen LogP contribution < -0.4 is 10.2 Å². The largest absolute Gasteiger partial charge is 0.497 e. The number of anilines is 1. The predicted octanol–water partition coefficient (Wildman–Crippen LogP) is 1.74.